The molecule has 0 aliphatic carbocycles. The molecule has 0 bridgehead atoms. The number of hydrogen-bond acceptors (Lipinski definition) is 3. The van der Waals surface area contributed by atoms with E-state index >= 15 is 0 Å². The van der Waals surface area contributed by atoms with Crippen LogP contribution in [-0.4, -0.2) is 16.5 Å². The number of pyridine rings is 2. The summed E-state index contributed by atoms with van der Waals surface area (Å²) in [6.45, 7) is 2.88. The number of hydrogen-bond donors (Lipinski definition) is 1. The first-order valence-corrected chi connectivity index (χ1v) is 7.28. The minimum absolute atomic E-state index is 0.427. The Balaban J connectivity index is 2.00. The Bertz CT molecular complexity index is 752. The van der Waals surface area contributed by atoms with E-state index in [1.807, 2.05) is 36.8 Å². The predicted octanol–water partition coefficient (Wildman–Crippen LogP) is 3.75. The average molecular weight is 277 g/mol. The number of rotatable bonds is 4. The van der Waals surface area contributed by atoms with Gasteiger partial charge in [0.2, 0.25) is 0 Å². The summed E-state index contributed by atoms with van der Waals surface area (Å²) in [5.41, 5.74) is 10.1. The van der Waals surface area contributed by atoms with Crippen LogP contribution < -0.4 is 5.73 Å². The summed E-state index contributed by atoms with van der Waals surface area (Å²) in [5.74, 6) is 0.427. The van der Waals surface area contributed by atoms with Gasteiger partial charge in [0.25, 0.3) is 0 Å². The second-order valence-corrected chi connectivity index (χ2v) is 5.40. The second-order valence-electron chi connectivity index (χ2n) is 5.40. The summed E-state index contributed by atoms with van der Waals surface area (Å²) in [7, 11) is 0. The Labute approximate surface area is 124 Å². The summed E-state index contributed by atoms with van der Waals surface area (Å²) in [4.78, 5) is 8.90. The molecule has 0 saturated carbocycles. The quantitative estimate of drug-likeness (QED) is 0.790. The molecule has 0 aliphatic rings. The van der Waals surface area contributed by atoms with Gasteiger partial charge in [-0.15, -0.1) is 0 Å². The van der Waals surface area contributed by atoms with Crippen molar-refractivity contribution in [2.45, 2.75) is 19.3 Å². The van der Waals surface area contributed by atoms with Gasteiger partial charge in [-0.05, 0) is 42.6 Å². The van der Waals surface area contributed by atoms with E-state index in [0.29, 0.717) is 12.5 Å². The highest BCUT2D eigenvalue weighted by Gasteiger charge is 2.07. The molecule has 0 aliphatic heterocycles. The molecule has 0 spiro atoms. The molecule has 1 unspecified atom stereocenters. The third-order valence-corrected chi connectivity index (χ3v) is 3.85. The van der Waals surface area contributed by atoms with Crippen LogP contribution in [0.2, 0.25) is 0 Å². The van der Waals surface area contributed by atoms with Gasteiger partial charge < -0.3 is 5.73 Å². The van der Waals surface area contributed by atoms with Crippen molar-refractivity contribution in [3.8, 4) is 11.1 Å². The molecule has 3 aromatic rings. The summed E-state index contributed by atoms with van der Waals surface area (Å²) in [6, 6.07) is 12.5. The van der Waals surface area contributed by atoms with Crippen molar-refractivity contribution < 1.29 is 0 Å². The molecule has 3 rings (SSSR count). The fourth-order valence-corrected chi connectivity index (χ4v) is 2.53. The van der Waals surface area contributed by atoms with Crippen LogP contribution in [0.25, 0.3) is 22.0 Å². The Morgan fingerprint density at radius 2 is 1.86 bits per heavy atom. The number of nitrogens with zero attached hydrogens (tertiary/aromatic N) is 2. The van der Waals surface area contributed by atoms with E-state index in [4.69, 9.17) is 5.73 Å². The number of fused-ring (bicyclic) bond motifs is 1. The topological polar surface area (TPSA) is 51.8 Å². The van der Waals surface area contributed by atoms with E-state index in [2.05, 4.69) is 35.1 Å². The van der Waals surface area contributed by atoms with Crippen LogP contribution in [-0.2, 0) is 0 Å². The lowest BCUT2D eigenvalue weighted by atomic mass is 9.96. The van der Waals surface area contributed by atoms with E-state index in [1.54, 1.807) is 0 Å². The molecule has 1 aromatic carbocycles. The van der Waals surface area contributed by atoms with E-state index in [1.165, 1.54) is 5.56 Å². The second kappa shape index (κ2) is 6.02. The first-order valence-electron chi connectivity index (χ1n) is 7.28. The highest BCUT2D eigenvalue weighted by molar-refractivity contribution is 5.83. The molecule has 0 radical (unpaired) electrons. The van der Waals surface area contributed by atoms with Crippen molar-refractivity contribution in [3.05, 3.63) is 60.6 Å². The van der Waals surface area contributed by atoms with Crippen molar-refractivity contribution in [1.29, 1.82) is 0 Å². The minimum Gasteiger partial charge on any atom is -0.330 e. The van der Waals surface area contributed by atoms with E-state index < -0.39 is 0 Å². The molecule has 1 atom stereocenters. The van der Waals surface area contributed by atoms with E-state index in [9.17, 15) is 0 Å². The van der Waals surface area contributed by atoms with Gasteiger partial charge in [-0.1, -0.05) is 25.1 Å². The maximum Gasteiger partial charge on any atom is 0.0702 e. The van der Waals surface area contributed by atoms with Crippen LogP contribution >= 0.6 is 0 Å². The third-order valence-electron chi connectivity index (χ3n) is 3.85. The lowest BCUT2D eigenvalue weighted by Crippen LogP contribution is -2.04. The molecule has 3 heteroatoms. The standard InChI is InChI=1S/C18H19N3/c1-13(6-7-19)15-9-16(11-20-10-15)17-8-14-4-2-3-5-18(14)21-12-17/h2-5,8-13H,6-7,19H2,1H3. The molecule has 0 fully saturated rings. The van der Waals surface area contributed by atoms with Crippen LogP contribution in [0.3, 0.4) is 0 Å². The fourth-order valence-electron chi connectivity index (χ4n) is 2.53. The lowest BCUT2D eigenvalue weighted by molar-refractivity contribution is 0.687. The van der Waals surface area contributed by atoms with Crippen LogP contribution in [0, 0.1) is 0 Å². The van der Waals surface area contributed by atoms with Gasteiger partial charge in [-0.25, -0.2) is 0 Å². The summed E-state index contributed by atoms with van der Waals surface area (Å²) in [6.07, 6.45) is 6.71. The predicted molar refractivity (Wildman–Crippen MR) is 87.1 cm³/mol. The number of benzene rings is 1. The fraction of sp³-hybridized carbons (Fsp3) is 0.222. The highest BCUT2D eigenvalue weighted by atomic mass is 14.7. The molecule has 21 heavy (non-hydrogen) atoms. The molecule has 0 saturated heterocycles. The van der Waals surface area contributed by atoms with Crippen LogP contribution in [0.15, 0.2) is 55.0 Å². The summed E-state index contributed by atoms with van der Waals surface area (Å²) >= 11 is 0. The van der Waals surface area contributed by atoms with Crippen molar-refractivity contribution in [1.82, 2.24) is 9.97 Å². The molecule has 2 heterocycles. The SMILES string of the molecule is CC(CCN)c1cncc(-c2cnc3ccccc3c2)c1. The van der Waals surface area contributed by atoms with Gasteiger partial charge >= 0.3 is 0 Å². The van der Waals surface area contributed by atoms with Crippen LogP contribution in [0.5, 0.6) is 0 Å². The average Bonchev–Trinajstić information content (AvgIpc) is 2.55. The van der Waals surface area contributed by atoms with Crippen molar-refractivity contribution >= 4 is 10.9 Å². The van der Waals surface area contributed by atoms with Crippen molar-refractivity contribution in [2.24, 2.45) is 5.73 Å². The monoisotopic (exact) mass is 277 g/mol. The van der Waals surface area contributed by atoms with Gasteiger partial charge in [0.1, 0.15) is 0 Å². The number of nitrogens with two attached hydrogens (primary N) is 1. The van der Waals surface area contributed by atoms with Crippen molar-refractivity contribution in [2.75, 3.05) is 6.54 Å². The minimum atomic E-state index is 0.427. The van der Waals surface area contributed by atoms with Gasteiger partial charge in [0, 0.05) is 35.1 Å². The van der Waals surface area contributed by atoms with Gasteiger partial charge in [0.05, 0.1) is 5.52 Å². The number of aromatic nitrogens is 2. The molecular formula is C18H19N3. The van der Waals surface area contributed by atoms with Crippen LogP contribution in [0.1, 0.15) is 24.8 Å². The van der Waals surface area contributed by atoms with Gasteiger partial charge in [-0.3, -0.25) is 9.97 Å². The maximum absolute atomic E-state index is 5.65. The van der Waals surface area contributed by atoms with Crippen LogP contribution in [0.4, 0.5) is 0 Å². The molecule has 3 nitrogen and oxygen atoms in total. The zero-order valence-corrected chi connectivity index (χ0v) is 12.2. The molecule has 2 N–H and O–H groups in total. The Hall–Kier alpha value is -2.26. The zero-order valence-electron chi connectivity index (χ0n) is 12.2. The smallest absolute Gasteiger partial charge is 0.0702 e. The number of para-hydroxylation sites is 1. The zero-order chi connectivity index (χ0) is 14.7. The van der Waals surface area contributed by atoms with E-state index in [-0.39, 0.29) is 0 Å². The molecular weight excluding hydrogens is 258 g/mol. The molecule has 2 aromatic heterocycles. The Kier molecular flexibility index (Phi) is 3.93. The van der Waals surface area contributed by atoms with E-state index in [0.717, 1.165) is 28.5 Å². The molecule has 0 amide bonds. The first-order chi connectivity index (χ1) is 10.3. The highest BCUT2D eigenvalue weighted by Crippen LogP contribution is 2.26. The van der Waals surface area contributed by atoms with Gasteiger partial charge in [0.15, 0.2) is 0 Å². The summed E-state index contributed by atoms with van der Waals surface area (Å²) in [5, 5.41) is 1.15. The largest absolute Gasteiger partial charge is 0.330 e. The molecule has 106 valence electrons. The third kappa shape index (κ3) is 2.93. The lowest BCUT2D eigenvalue weighted by Gasteiger charge is -2.11. The van der Waals surface area contributed by atoms with Crippen molar-refractivity contribution in [3.63, 3.8) is 0 Å². The normalized spacial score (nSPS) is 12.5. The Morgan fingerprint density at radius 1 is 1.05 bits per heavy atom. The first kappa shape index (κ1) is 13.7. The van der Waals surface area contributed by atoms with Gasteiger partial charge in [-0.2, -0.15) is 0 Å². The Morgan fingerprint density at radius 3 is 2.71 bits per heavy atom. The maximum atomic E-state index is 5.65. The summed E-state index contributed by atoms with van der Waals surface area (Å²) < 4.78 is 0.